The third-order valence-electron chi connectivity index (χ3n) is 2.50. The predicted molar refractivity (Wildman–Crippen MR) is 70.2 cm³/mol. The lowest BCUT2D eigenvalue weighted by Gasteiger charge is -2.05. The van der Waals surface area contributed by atoms with Gasteiger partial charge in [-0.15, -0.1) is 0 Å². The van der Waals surface area contributed by atoms with Crippen LogP contribution in [0, 0.1) is 11.3 Å². The van der Waals surface area contributed by atoms with Crippen LogP contribution in [0.3, 0.4) is 0 Å². The van der Waals surface area contributed by atoms with E-state index in [1.54, 1.807) is 7.05 Å². The van der Waals surface area contributed by atoms with Gasteiger partial charge in [0.25, 0.3) is 0 Å². The monoisotopic (exact) mass is 229 g/mol. The fourth-order valence-electron chi connectivity index (χ4n) is 1.39. The van der Waals surface area contributed by atoms with Crippen molar-refractivity contribution < 1.29 is 0 Å². The number of rotatable bonds is 3. The third-order valence-corrected chi connectivity index (χ3v) is 2.50. The maximum Gasteiger partial charge on any atom is 0.121 e. The lowest BCUT2D eigenvalue weighted by Crippen LogP contribution is -2.13. The zero-order valence-corrected chi connectivity index (χ0v) is 10.2. The Labute approximate surface area is 103 Å². The van der Waals surface area contributed by atoms with Crippen molar-refractivity contribution in [3.8, 4) is 6.07 Å². The van der Waals surface area contributed by atoms with E-state index >= 15 is 0 Å². The van der Waals surface area contributed by atoms with Crippen LogP contribution in [0.1, 0.15) is 24.4 Å². The molecule has 3 heteroatoms. The molecule has 0 heterocycles. The van der Waals surface area contributed by atoms with E-state index in [1.165, 1.54) is 18.4 Å². The van der Waals surface area contributed by atoms with Gasteiger partial charge in [-0.1, -0.05) is 42.0 Å². The van der Waals surface area contributed by atoms with Gasteiger partial charge >= 0.3 is 0 Å². The molecule has 1 aliphatic carbocycles. The minimum absolute atomic E-state index is 0.184. The molecule has 1 unspecified atom stereocenters. The first-order valence-electron chi connectivity index (χ1n) is 5.81. The predicted octanol–water partition coefficient (Wildman–Crippen LogP) is 2.14. The topological polar surface area (TPSA) is 61.8 Å². The van der Waals surface area contributed by atoms with Crippen LogP contribution in [0.15, 0.2) is 42.0 Å². The van der Waals surface area contributed by atoms with E-state index in [0.29, 0.717) is 0 Å². The number of hydrogen-bond acceptors (Lipinski definition) is 3. The Bertz CT molecular complexity index is 384. The smallest absolute Gasteiger partial charge is 0.121 e. The zero-order valence-electron chi connectivity index (χ0n) is 10.2. The molecule has 2 rings (SSSR count). The molecule has 3 nitrogen and oxygen atoms in total. The Kier molecular flexibility index (Phi) is 6.02. The minimum Gasteiger partial charge on any atom is -0.327 e. The summed E-state index contributed by atoms with van der Waals surface area (Å²) in [5.74, 6) is 0. The van der Waals surface area contributed by atoms with Crippen LogP contribution in [0.5, 0.6) is 0 Å². The molecule has 17 heavy (non-hydrogen) atoms. The molecule has 0 aliphatic heterocycles. The molecule has 1 aliphatic rings. The van der Waals surface area contributed by atoms with Crippen molar-refractivity contribution in [1.29, 1.82) is 5.26 Å². The average molecular weight is 229 g/mol. The van der Waals surface area contributed by atoms with Gasteiger partial charge in [-0.25, -0.2) is 0 Å². The molecule has 0 saturated heterocycles. The summed E-state index contributed by atoms with van der Waals surface area (Å²) in [7, 11) is 1.78. The second-order valence-corrected chi connectivity index (χ2v) is 3.86. The van der Waals surface area contributed by atoms with Gasteiger partial charge in [0.1, 0.15) is 6.04 Å². The first-order chi connectivity index (χ1) is 8.31. The highest BCUT2D eigenvalue weighted by atomic mass is 14.9. The molecule has 3 N–H and O–H groups in total. The van der Waals surface area contributed by atoms with Crippen LogP contribution < -0.4 is 11.1 Å². The summed E-state index contributed by atoms with van der Waals surface area (Å²) < 4.78 is 0. The van der Waals surface area contributed by atoms with Crippen LogP contribution >= 0.6 is 0 Å². The molecule has 90 valence electrons. The molecule has 1 fully saturated rings. The zero-order chi connectivity index (χ0) is 12.5. The molecule has 1 atom stereocenters. The maximum atomic E-state index is 8.67. The molecule has 1 aromatic rings. The van der Waals surface area contributed by atoms with Gasteiger partial charge in [0.15, 0.2) is 0 Å². The molecule has 1 aromatic carbocycles. The molecule has 1 saturated carbocycles. The number of nitrogens with two attached hydrogens (primary N) is 1. The average Bonchev–Trinajstić information content (AvgIpc) is 3.18. The molecule has 0 radical (unpaired) electrons. The molecule has 0 spiro atoms. The number of nitriles is 1. The first-order valence-corrected chi connectivity index (χ1v) is 5.81. The van der Waals surface area contributed by atoms with Crippen molar-refractivity contribution in [2.24, 2.45) is 5.73 Å². The second kappa shape index (κ2) is 7.61. The molecular formula is C14H19N3. The van der Waals surface area contributed by atoms with E-state index in [0.717, 1.165) is 12.1 Å². The van der Waals surface area contributed by atoms with E-state index < -0.39 is 0 Å². The van der Waals surface area contributed by atoms with E-state index in [9.17, 15) is 0 Å². The minimum atomic E-state index is -0.184. The highest BCUT2D eigenvalue weighted by Gasteiger charge is 2.07. The maximum absolute atomic E-state index is 8.67. The van der Waals surface area contributed by atoms with Crippen LogP contribution in [0.4, 0.5) is 0 Å². The van der Waals surface area contributed by atoms with E-state index in [4.69, 9.17) is 11.0 Å². The quantitative estimate of drug-likeness (QED) is 0.781. The van der Waals surface area contributed by atoms with Crippen LogP contribution in [-0.4, -0.2) is 13.6 Å². The Hall–Kier alpha value is -1.63. The summed E-state index contributed by atoms with van der Waals surface area (Å²) in [6.45, 7) is 0.731. The lowest BCUT2D eigenvalue weighted by atomic mass is 10.1. The lowest BCUT2D eigenvalue weighted by molar-refractivity contribution is 0.727. The number of benzene rings is 1. The van der Waals surface area contributed by atoms with Crippen molar-refractivity contribution in [2.75, 3.05) is 13.6 Å². The Morgan fingerprint density at radius 3 is 2.41 bits per heavy atom. The summed E-state index contributed by atoms with van der Waals surface area (Å²) >= 11 is 0. The van der Waals surface area contributed by atoms with Gasteiger partial charge < -0.3 is 11.1 Å². The van der Waals surface area contributed by atoms with Crippen LogP contribution in [0.2, 0.25) is 0 Å². The van der Waals surface area contributed by atoms with Crippen molar-refractivity contribution in [1.82, 2.24) is 5.32 Å². The number of allylic oxidation sites excluding steroid dienone is 1. The fourth-order valence-corrected chi connectivity index (χ4v) is 1.39. The van der Waals surface area contributed by atoms with Crippen molar-refractivity contribution in [3.63, 3.8) is 0 Å². The van der Waals surface area contributed by atoms with Gasteiger partial charge in [0, 0.05) is 6.54 Å². The summed E-state index contributed by atoms with van der Waals surface area (Å²) in [4.78, 5) is 0. The Morgan fingerprint density at radius 1 is 1.41 bits per heavy atom. The number of nitrogens with zero attached hydrogens (tertiary/aromatic N) is 1. The van der Waals surface area contributed by atoms with Crippen molar-refractivity contribution in [3.05, 3.63) is 47.5 Å². The van der Waals surface area contributed by atoms with E-state index in [1.807, 2.05) is 30.3 Å². The van der Waals surface area contributed by atoms with Gasteiger partial charge in [0.05, 0.1) is 6.07 Å². The molecule has 0 amide bonds. The van der Waals surface area contributed by atoms with Gasteiger partial charge in [0.2, 0.25) is 0 Å². The highest BCUT2D eigenvalue weighted by molar-refractivity contribution is 5.23. The van der Waals surface area contributed by atoms with Crippen LogP contribution in [0.25, 0.3) is 0 Å². The standard InChI is InChI=1S/C9H10N2.C5H9N/c1-11-9(7-10)8-5-3-2-4-6-8;6-4-3-5-1-2-5/h2-6,9,11H,1H3;3H,1-2,4,6H2. The molecule has 0 bridgehead atoms. The molecule has 0 aromatic heterocycles. The summed E-state index contributed by atoms with van der Waals surface area (Å²) in [5, 5.41) is 11.6. The van der Waals surface area contributed by atoms with Crippen molar-refractivity contribution >= 4 is 0 Å². The van der Waals surface area contributed by atoms with Gasteiger partial charge in [-0.2, -0.15) is 5.26 Å². The Morgan fingerprint density at radius 2 is 2.06 bits per heavy atom. The normalized spacial score (nSPS) is 14.1. The second-order valence-electron chi connectivity index (χ2n) is 3.86. The third kappa shape index (κ3) is 5.30. The van der Waals surface area contributed by atoms with Crippen LogP contribution in [-0.2, 0) is 0 Å². The van der Waals surface area contributed by atoms with E-state index in [-0.39, 0.29) is 6.04 Å². The highest BCUT2D eigenvalue weighted by Crippen LogP contribution is 2.26. The van der Waals surface area contributed by atoms with Gasteiger partial charge in [-0.05, 0) is 25.5 Å². The first kappa shape index (κ1) is 13.4. The SMILES string of the molecule is CNC(C#N)c1ccccc1.NCC=C1CC1. The van der Waals surface area contributed by atoms with Gasteiger partial charge in [-0.3, -0.25) is 0 Å². The molecular weight excluding hydrogens is 210 g/mol. The summed E-state index contributed by atoms with van der Waals surface area (Å²) in [6.07, 6.45) is 4.70. The summed E-state index contributed by atoms with van der Waals surface area (Å²) in [6, 6.07) is 11.6. The Balaban J connectivity index is 0.000000202. The largest absolute Gasteiger partial charge is 0.327 e. The summed E-state index contributed by atoms with van der Waals surface area (Å²) in [5.41, 5.74) is 7.74. The number of hydrogen-bond donors (Lipinski definition) is 2. The fraction of sp³-hybridized carbons (Fsp3) is 0.357. The van der Waals surface area contributed by atoms with Crippen molar-refractivity contribution in [2.45, 2.75) is 18.9 Å². The van der Waals surface area contributed by atoms with E-state index in [2.05, 4.69) is 17.5 Å². The number of nitrogens with one attached hydrogen (secondary N) is 1.